The second-order valence-electron chi connectivity index (χ2n) is 6.36. The Morgan fingerprint density at radius 2 is 2.10 bits per heavy atom. The fraction of sp³-hybridized carbons (Fsp3) is 0.500. The predicted molar refractivity (Wildman–Crippen MR) is 81.2 cm³/mol. The van der Waals surface area contributed by atoms with Crippen LogP contribution in [0, 0.1) is 5.41 Å². The second kappa shape index (κ2) is 4.84. The van der Waals surface area contributed by atoms with E-state index in [2.05, 4.69) is 15.5 Å². The minimum absolute atomic E-state index is 0.130. The first kappa shape index (κ1) is 12.8. The maximum atomic E-state index is 12.8. The monoisotopic (exact) mass is 284 g/mol. The summed E-state index contributed by atoms with van der Waals surface area (Å²) >= 11 is 0. The normalized spacial score (nSPS) is 21.2. The molecule has 4 rings (SSSR count). The average molecular weight is 284 g/mol. The molecule has 0 saturated carbocycles. The van der Waals surface area contributed by atoms with Gasteiger partial charge in [-0.1, -0.05) is 12.1 Å². The third-order valence-corrected chi connectivity index (χ3v) is 5.15. The fourth-order valence-electron chi connectivity index (χ4n) is 3.72. The van der Waals surface area contributed by atoms with E-state index in [1.54, 1.807) is 6.20 Å². The first-order valence-electron chi connectivity index (χ1n) is 7.70. The molecule has 1 spiro atoms. The van der Waals surface area contributed by atoms with Gasteiger partial charge < -0.3 is 10.2 Å². The van der Waals surface area contributed by atoms with Crippen molar-refractivity contribution in [3.05, 3.63) is 30.0 Å². The number of hydrogen-bond donors (Lipinski definition) is 2. The van der Waals surface area contributed by atoms with Gasteiger partial charge in [-0.2, -0.15) is 5.10 Å². The molecule has 1 aromatic carbocycles. The van der Waals surface area contributed by atoms with Gasteiger partial charge in [-0.3, -0.25) is 9.89 Å². The molecule has 1 amide bonds. The van der Waals surface area contributed by atoms with E-state index in [1.165, 1.54) is 6.42 Å². The zero-order valence-electron chi connectivity index (χ0n) is 12.1. The van der Waals surface area contributed by atoms with Crippen LogP contribution in [0.1, 0.15) is 29.6 Å². The molecular weight excluding hydrogens is 264 g/mol. The molecule has 0 unspecified atom stereocenters. The van der Waals surface area contributed by atoms with E-state index < -0.39 is 0 Å². The van der Waals surface area contributed by atoms with Crippen molar-refractivity contribution in [1.82, 2.24) is 20.4 Å². The van der Waals surface area contributed by atoms with Crippen LogP contribution in [0.5, 0.6) is 0 Å². The van der Waals surface area contributed by atoms with Crippen LogP contribution in [0.25, 0.3) is 10.9 Å². The van der Waals surface area contributed by atoms with Gasteiger partial charge in [0.05, 0.1) is 17.3 Å². The van der Waals surface area contributed by atoms with Crippen LogP contribution in [0.3, 0.4) is 0 Å². The zero-order valence-corrected chi connectivity index (χ0v) is 12.1. The smallest absolute Gasteiger partial charge is 0.256 e. The van der Waals surface area contributed by atoms with Crippen molar-refractivity contribution >= 4 is 16.8 Å². The van der Waals surface area contributed by atoms with Crippen molar-refractivity contribution in [1.29, 1.82) is 0 Å². The molecule has 2 aliphatic rings. The maximum absolute atomic E-state index is 12.8. The van der Waals surface area contributed by atoms with E-state index in [0.717, 1.165) is 55.5 Å². The van der Waals surface area contributed by atoms with E-state index in [-0.39, 0.29) is 5.91 Å². The number of nitrogens with one attached hydrogen (secondary N) is 2. The Kier molecular flexibility index (Phi) is 2.96. The van der Waals surface area contributed by atoms with Crippen molar-refractivity contribution in [3.63, 3.8) is 0 Å². The van der Waals surface area contributed by atoms with Crippen LogP contribution in [-0.4, -0.2) is 47.2 Å². The molecule has 21 heavy (non-hydrogen) atoms. The summed E-state index contributed by atoms with van der Waals surface area (Å²) in [5.74, 6) is 0.130. The molecule has 3 heterocycles. The number of nitrogens with zero attached hydrogens (tertiary/aromatic N) is 2. The Morgan fingerprint density at radius 1 is 1.24 bits per heavy atom. The fourth-order valence-corrected chi connectivity index (χ4v) is 3.72. The molecule has 1 aromatic heterocycles. The largest absolute Gasteiger partial charge is 0.339 e. The first-order valence-corrected chi connectivity index (χ1v) is 7.70. The minimum Gasteiger partial charge on any atom is -0.339 e. The molecule has 2 aliphatic heterocycles. The molecule has 0 bridgehead atoms. The van der Waals surface area contributed by atoms with Crippen molar-refractivity contribution in [3.8, 4) is 0 Å². The Bertz CT molecular complexity index is 662. The molecule has 0 atom stereocenters. The number of fused-ring (bicyclic) bond motifs is 1. The summed E-state index contributed by atoms with van der Waals surface area (Å²) < 4.78 is 0. The number of para-hydroxylation sites is 1. The van der Waals surface area contributed by atoms with Crippen LogP contribution in [0.4, 0.5) is 0 Å². The molecule has 2 fully saturated rings. The van der Waals surface area contributed by atoms with Crippen molar-refractivity contribution in [2.24, 2.45) is 5.41 Å². The Morgan fingerprint density at radius 3 is 2.86 bits per heavy atom. The second-order valence-corrected chi connectivity index (χ2v) is 6.36. The van der Waals surface area contributed by atoms with Gasteiger partial charge in [0.25, 0.3) is 5.91 Å². The van der Waals surface area contributed by atoms with Gasteiger partial charge in [0, 0.05) is 25.0 Å². The minimum atomic E-state index is 0.130. The van der Waals surface area contributed by atoms with Crippen molar-refractivity contribution < 1.29 is 4.79 Å². The number of aromatic nitrogens is 2. The standard InChI is InChI=1S/C16H20N4O/c21-15(13-3-1-2-12-10-18-19-14(12)13)20-8-5-16(6-9-20)4-7-17-11-16/h1-3,10,17H,4-9,11H2,(H,18,19). The highest BCUT2D eigenvalue weighted by atomic mass is 16.2. The lowest BCUT2D eigenvalue weighted by atomic mass is 9.78. The molecule has 2 aromatic rings. The van der Waals surface area contributed by atoms with Crippen LogP contribution in [0.2, 0.25) is 0 Å². The lowest BCUT2D eigenvalue weighted by molar-refractivity contribution is 0.0609. The number of rotatable bonds is 1. The first-order chi connectivity index (χ1) is 10.3. The molecule has 110 valence electrons. The quantitative estimate of drug-likeness (QED) is 0.839. The van der Waals surface area contributed by atoms with Crippen LogP contribution >= 0.6 is 0 Å². The topological polar surface area (TPSA) is 61.0 Å². The summed E-state index contributed by atoms with van der Waals surface area (Å²) in [6.45, 7) is 3.97. The maximum Gasteiger partial charge on any atom is 0.256 e. The van der Waals surface area contributed by atoms with E-state index >= 15 is 0 Å². The number of carbonyl (C=O) groups excluding carboxylic acids is 1. The number of carbonyl (C=O) groups is 1. The number of H-pyrrole nitrogens is 1. The van der Waals surface area contributed by atoms with Crippen molar-refractivity contribution in [2.75, 3.05) is 26.2 Å². The molecule has 0 radical (unpaired) electrons. The Hall–Kier alpha value is -1.88. The van der Waals surface area contributed by atoms with Gasteiger partial charge in [-0.05, 0) is 37.3 Å². The van der Waals surface area contributed by atoms with Crippen LogP contribution < -0.4 is 5.32 Å². The van der Waals surface area contributed by atoms with Gasteiger partial charge in [-0.15, -0.1) is 0 Å². The highest BCUT2D eigenvalue weighted by Crippen LogP contribution is 2.37. The van der Waals surface area contributed by atoms with Crippen LogP contribution in [0.15, 0.2) is 24.4 Å². The lowest BCUT2D eigenvalue weighted by Crippen LogP contribution is -2.44. The molecule has 0 aliphatic carbocycles. The Balaban J connectivity index is 1.54. The molecule has 5 heteroatoms. The number of likely N-dealkylation sites (tertiary alicyclic amines) is 1. The Labute approximate surface area is 123 Å². The van der Waals surface area contributed by atoms with E-state index in [4.69, 9.17) is 0 Å². The van der Waals surface area contributed by atoms with E-state index in [1.807, 2.05) is 23.1 Å². The van der Waals surface area contributed by atoms with Gasteiger partial charge in [0.2, 0.25) is 0 Å². The predicted octanol–water partition coefficient (Wildman–Crippen LogP) is 1.78. The van der Waals surface area contributed by atoms with E-state index in [9.17, 15) is 4.79 Å². The number of piperidine rings is 1. The molecule has 2 N–H and O–H groups in total. The summed E-state index contributed by atoms with van der Waals surface area (Å²) in [6.07, 6.45) is 5.25. The third kappa shape index (κ3) is 2.12. The number of hydrogen-bond acceptors (Lipinski definition) is 3. The van der Waals surface area contributed by atoms with Gasteiger partial charge in [0.15, 0.2) is 0 Å². The summed E-state index contributed by atoms with van der Waals surface area (Å²) in [5, 5.41) is 11.4. The van der Waals surface area contributed by atoms with E-state index in [0.29, 0.717) is 5.41 Å². The average Bonchev–Trinajstić information content (AvgIpc) is 3.16. The number of amides is 1. The molecule has 2 saturated heterocycles. The van der Waals surface area contributed by atoms with Gasteiger partial charge in [-0.25, -0.2) is 0 Å². The molecular formula is C16H20N4O. The summed E-state index contributed by atoms with van der Waals surface area (Å²) in [7, 11) is 0. The number of benzene rings is 1. The van der Waals surface area contributed by atoms with Crippen molar-refractivity contribution in [2.45, 2.75) is 19.3 Å². The highest BCUT2D eigenvalue weighted by molar-refractivity contribution is 6.05. The third-order valence-electron chi connectivity index (χ3n) is 5.15. The number of aromatic amines is 1. The molecule has 5 nitrogen and oxygen atoms in total. The zero-order chi connectivity index (χ0) is 14.3. The highest BCUT2D eigenvalue weighted by Gasteiger charge is 2.38. The van der Waals surface area contributed by atoms with Gasteiger partial charge in [0.1, 0.15) is 0 Å². The lowest BCUT2D eigenvalue weighted by Gasteiger charge is -2.38. The van der Waals surface area contributed by atoms with Crippen LogP contribution in [-0.2, 0) is 0 Å². The summed E-state index contributed by atoms with van der Waals surface area (Å²) in [6, 6.07) is 5.80. The van der Waals surface area contributed by atoms with Gasteiger partial charge >= 0.3 is 0 Å². The summed E-state index contributed by atoms with van der Waals surface area (Å²) in [4.78, 5) is 14.8. The SMILES string of the molecule is O=C(c1cccc2cn[nH]c12)N1CCC2(CCNC2)CC1. The summed E-state index contributed by atoms with van der Waals surface area (Å²) in [5.41, 5.74) is 2.03.